The zero-order chi connectivity index (χ0) is 16.2. The Balaban J connectivity index is 1.57. The number of piperidine rings is 1. The Labute approximate surface area is 133 Å². The third-order valence-corrected chi connectivity index (χ3v) is 4.27. The first-order valence-corrected chi connectivity index (χ1v) is 7.79. The molecule has 0 unspecified atom stereocenters. The Morgan fingerprint density at radius 3 is 2.91 bits per heavy atom. The Morgan fingerprint density at radius 2 is 2.17 bits per heavy atom. The normalized spacial score (nSPS) is 20.6. The molecule has 0 spiro atoms. The number of halogens is 2. The molecule has 0 aliphatic carbocycles. The largest absolute Gasteiger partial charge is 0.387 e. The van der Waals surface area contributed by atoms with E-state index in [1.165, 1.54) is 12.4 Å². The van der Waals surface area contributed by atoms with Crippen molar-refractivity contribution >= 4 is 0 Å². The second kappa shape index (κ2) is 7.14. The van der Waals surface area contributed by atoms with Crippen molar-refractivity contribution in [3.63, 3.8) is 0 Å². The molecule has 124 valence electrons. The molecule has 23 heavy (non-hydrogen) atoms. The van der Waals surface area contributed by atoms with Crippen molar-refractivity contribution in [2.75, 3.05) is 19.6 Å². The van der Waals surface area contributed by atoms with E-state index in [-0.39, 0.29) is 0 Å². The van der Waals surface area contributed by atoms with Crippen LogP contribution in [-0.4, -0.2) is 44.4 Å². The lowest BCUT2D eigenvalue weighted by Crippen LogP contribution is -2.39. The molecule has 2 aromatic rings. The Bertz CT molecular complexity index is 635. The summed E-state index contributed by atoms with van der Waals surface area (Å²) in [5.41, 5.74) is 0.405. The predicted molar refractivity (Wildman–Crippen MR) is 80.5 cm³/mol. The Morgan fingerprint density at radius 1 is 1.30 bits per heavy atom. The lowest BCUT2D eigenvalue weighted by atomic mass is 9.97. The average molecular weight is 322 g/mol. The summed E-state index contributed by atoms with van der Waals surface area (Å²) in [6.45, 7) is 2.96. The third-order valence-electron chi connectivity index (χ3n) is 4.27. The first-order chi connectivity index (χ1) is 11.1. The average Bonchev–Trinajstić information content (AvgIpc) is 3.03. The molecule has 0 amide bonds. The van der Waals surface area contributed by atoms with E-state index in [2.05, 4.69) is 15.0 Å². The van der Waals surface area contributed by atoms with E-state index >= 15 is 0 Å². The van der Waals surface area contributed by atoms with Crippen LogP contribution in [0.2, 0.25) is 0 Å². The smallest absolute Gasteiger partial charge is 0.159 e. The number of hydrogen-bond donors (Lipinski definition) is 1. The minimum Gasteiger partial charge on any atom is -0.387 e. The van der Waals surface area contributed by atoms with Gasteiger partial charge in [0.25, 0.3) is 0 Å². The summed E-state index contributed by atoms with van der Waals surface area (Å²) >= 11 is 0. The molecule has 1 aliphatic rings. The molecule has 1 aromatic carbocycles. The van der Waals surface area contributed by atoms with Crippen LogP contribution in [0.5, 0.6) is 0 Å². The van der Waals surface area contributed by atoms with Crippen LogP contribution in [0, 0.1) is 17.6 Å². The first kappa shape index (κ1) is 16.0. The fourth-order valence-electron chi connectivity index (χ4n) is 3.13. The van der Waals surface area contributed by atoms with Crippen LogP contribution in [0.25, 0.3) is 0 Å². The molecule has 5 nitrogen and oxygen atoms in total. The minimum absolute atomic E-state index is 0.405. The maximum atomic E-state index is 13.3. The monoisotopic (exact) mass is 322 g/mol. The van der Waals surface area contributed by atoms with E-state index < -0.39 is 17.7 Å². The van der Waals surface area contributed by atoms with E-state index in [4.69, 9.17) is 0 Å². The van der Waals surface area contributed by atoms with Gasteiger partial charge in [-0.1, -0.05) is 6.07 Å². The van der Waals surface area contributed by atoms with Crippen molar-refractivity contribution < 1.29 is 13.9 Å². The van der Waals surface area contributed by atoms with Crippen LogP contribution in [-0.2, 0) is 6.54 Å². The van der Waals surface area contributed by atoms with Gasteiger partial charge < -0.3 is 10.0 Å². The number of aromatic nitrogens is 3. The van der Waals surface area contributed by atoms with E-state index in [0.717, 1.165) is 44.6 Å². The van der Waals surface area contributed by atoms with Gasteiger partial charge in [0.2, 0.25) is 0 Å². The zero-order valence-corrected chi connectivity index (χ0v) is 12.8. The minimum atomic E-state index is -0.927. The summed E-state index contributed by atoms with van der Waals surface area (Å²) in [5, 5.41) is 14.4. The molecule has 0 saturated carbocycles. The predicted octanol–water partition coefficient (Wildman–Crippen LogP) is 2.00. The first-order valence-electron chi connectivity index (χ1n) is 7.79. The number of rotatable bonds is 5. The topological polar surface area (TPSA) is 54.2 Å². The Kier molecular flexibility index (Phi) is 4.97. The van der Waals surface area contributed by atoms with Crippen LogP contribution < -0.4 is 0 Å². The second-order valence-electron chi connectivity index (χ2n) is 6.07. The highest BCUT2D eigenvalue weighted by molar-refractivity contribution is 5.20. The van der Waals surface area contributed by atoms with E-state index in [0.29, 0.717) is 18.0 Å². The maximum absolute atomic E-state index is 13.3. The Hall–Kier alpha value is -1.86. The summed E-state index contributed by atoms with van der Waals surface area (Å²) in [7, 11) is 0. The van der Waals surface area contributed by atoms with Crippen LogP contribution in [0.15, 0.2) is 30.9 Å². The number of hydrogen-bond acceptors (Lipinski definition) is 4. The highest BCUT2D eigenvalue weighted by Crippen LogP contribution is 2.22. The van der Waals surface area contributed by atoms with Crippen LogP contribution in [0.4, 0.5) is 8.78 Å². The maximum Gasteiger partial charge on any atom is 0.159 e. The summed E-state index contributed by atoms with van der Waals surface area (Å²) in [6.07, 6.45) is 4.56. The zero-order valence-electron chi connectivity index (χ0n) is 12.8. The standard InChI is InChI=1S/C16H20F2N4O/c17-14-4-3-13(6-15(14)18)16(23)9-21-5-1-2-12(7-21)8-22-11-19-10-20-22/h3-4,6,10-12,16,23H,1-2,5,7-9H2/t12-,16+/m0/s1. The van der Waals surface area contributed by atoms with Gasteiger partial charge >= 0.3 is 0 Å². The molecule has 1 aliphatic heterocycles. The van der Waals surface area contributed by atoms with Gasteiger partial charge in [-0.15, -0.1) is 0 Å². The third kappa shape index (κ3) is 4.11. The number of aliphatic hydroxyl groups is 1. The number of β-amino-alcohol motifs (C(OH)–C–C–N with tert-alkyl or cyclic N) is 1. The molecule has 1 aromatic heterocycles. The van der Waals surface area contributed by atoms with Crippen molar-refractivity contribution in [1.29, 1.82) is 0 Å². The SMILES string of the molecule is O[C@H](CN1CCC[C@H](Cn2cncn2)C1)c1ccc(F)c(F)c1. The van der Waals surface area contributed by atoms with Crippen molar-refractivity contribution in [3.05, 3.63) is 48.1 Å². The molecule has 2 heterocycles. The number of aliphatic hydroxyl groups excluding tert-OH is 1. The molecule has 1 N–H and O–H groups in total. The molecule has 3 rings (SSSR count). The quantitative estimate of drug-likeness (QED) is 0.915. The van der Waals surface area contributed by atoms with Gasteiger partial charge in [0.1, 0.15) is 12.7 Å². The summed E-state index contributed by atoms with van der Waals surface area (Å²) in [6, 6.07) is 3.55. The van der Waals surface area contributed by atoms with Gasteiger partial charge in [0.05, 0.1) is 6.10 Å². The fraction of sp³-hybridized carbons (Fsp3) is 0.500. The highest BCUT2D eigenvalue weighted by atomic mass is 19.2. The van der Waals surface area contributed by atoms with E-state index in [9.17, 15) is 13.9 Å². The molecule has 2 atom stereocenters. The van der Waals surface area contributed by atoms with Gasteiger partial charge in [-0.3, -0.25) is 4.68 Å². The van der Waals surface area contributed by atoms with Gasteiger partial charge in [0.15, 0.2) is 11.6 Å². The lowest BCUT2D eigenvalue weighted by Gasteiger charge is -2.33. The molecule has 1 saturated heterocycles. The van der Waals surface area contributed by atoms with Crippen molar-refractivity contribution in [1.82, 2.24) is 19.7 Å². The molecule has 7 heteroatoms. The van der Waals surface area contributed by atoms with E-state index in [1.807, 2.05) is 4.68 Å². The van der Waals surface area contributed by atoms with Crippen molar-refractivity contribution in [2.45, 2.75) is 25.5 Å². The van der Waals surface area contributed by atoms with Crippen molar-refractivity contribution in [3.8, 4) is 0 Å². The second-order valence-corrected chi connectivity index (χ2v) is 6.07. The van der Waals surface area contributed by atoms with Gasteiger partial charge in [-0.05, 0) is 43.0 Å². The summed E-state index contributed by atoms with van der Waals surface area (Å²) < 4.78 is 28.1. The van der Waals surface area contributed by atoms with Crippen molar-refractivity contribution in [2.24, 2.45) is 5.92 Å². The number of benzene rings is 1. The number of nitrogens with zero attached hydrogens (tertiary/aromatic N) is 4. The molecular formula is C16H20F2N4O. The van der Waals surface area contributed by atoms with Gasteiger partial charge in [-0.2, -0.15) is 5.10 Å². The van der Waals surface area contributed by atoms with Gasteiger partial charge in [0, 0.05) is 19.6 Å². The summed E-state index contributed by atoms with van der Waals surface area (Å²) in [5.74, 6) is -1.38. The van der Waals surface area contributed by atoms with Gasteiger partial charge in [-0.25, -0.2) is 13.8 Å². The molecule has 0 bridgehead atoms. The van der Waals surface area contributed by atoms with Crippen LogP contribution in [0.1, 0.15) is 24.5 Å². The highest BCUT2D eigenvalue weighted by Gasteiger charge is 2.23. The van der Waals surface area contributed by atoms with E-state index in [1.54, 1.807) is 6.33 Å². The molecular weight excluding hydrogens is 302 g/mol. The lowest BCUT2D eigenvalue weighted by molar-refractivity contribution is 0.0797. The summed E-state index contributed by atoms with van der Waals surface area (Å²) in [4.78, 5) is 6.11. The van der Waals surface area contributed by atoms with Crippen LogP contribution >= 0.6 is 0 Å². The number of likely N-dealkylation sites (tertiary alicyclic amines) is 1. The fourth-order valence-corrected chi connectivity index (χ4v) is 3.13. The molecule has 1 fully saturated rings. The molecule has 0 radical (unpaired) electrons. The van der Waals surface area contributed by atoms with Crippen LogP contribution in [0.3, 0.4) is 0 Å².